The zero-order valence-corrected chi connectivity index (χ0v) is 11.9. The average molecular weight is 322 g/mol. The van der Waals surface area contributed by atoms with E-state index in [-0.39, 0.29) is 5.75 Å². The number of halogens is 3. The first-order valence-corrected chi connectivity index (χ1v) is 6.88. The second kappa shape index (κ2) is 6.15. The third-order valence-electron chi connectivity index (χ3n) is 3.07. The van der Waals surface area contributed by atoms with E-state index in [0.717, 1.165) is 17.5 Å². The van der Waals surface area contributed by atoms with E-state index >= 15 is 0 Å². The molecule has 0 aliphatic heterocycles. The molecule has 0 fully saturated rings. The van der Waals surface area contributed by atoms with Crippen molar-refractivity contribution in [1.82, 2.24) is 14.4 Å². The van der Waals surface area contributed by atoms with Crippen molar-refractivity contribution in [3.8, 4) is 5.75 Å². The van der Waals surface area contributed by atoms with E-state index in [1.165, 1.54) is 12.1 Å². The maximum Gasteiger partial charge on any atom is 0.573 e. The van der Waals surface area contributed by atoms with E-state index in [9.17, 15) is 13.2 Å². The summed E-state index contributed by atoms with van der Waals surface area (Å²) in [5.41, 5.74) is 1.79. The number of pyridine rings is 2. The maximum absolute atomic E-state index is 12.0. The highest BCUT2D eigenvalue weighted by molar-refractivity contribution is 5.40. The number of nitrogens with one attached hydrogen (secondary N) is 1. The molecular formula is C15H13F3N4O. The highest BCUT2D eigenvalue weighted by Gasteiger charge is 2.31. The molecule has 5 nitrogen and oxygen atoms in total. The molecule has 8 heteroatoms. The van der Waals surface area contributed by atoms with E-state index in [1.54, 1.807) is 0 Å². The number of ether oxygens (including phenoxy) is 1. The van der Waals surface area contributed by atoms with Gasteiger partial charge in [0.15, 0.2) is 0 Å². The van der Waals surface area contributed by atoms with Gasteiger partial charge < -0.3 is 14.5 Å². The lowest BCUT2D eigenvalue weighted by Crippen LogP contribution is -2.17. The van der Waals surface area contributed by atoms with Gasteiger partial charge in [-0.3, -0.25) is 0 Å². The molecule has 0 amide bonds. The van der Waals surface area contributed by atoms with E-state index in [2.05, 4.69) is 20.0 Å². The van der Waals surface area contributed by atoms with Crippen LogP contribution >= 0.6 is 0 Å². The Balaban J connectivity index is 1.54. The van der Waals surface area contributed by atoms with Gasteiger partial charge in [0, 0.05) is 25.4 Å². The number of aromatic nitrogens is 3. The predicted octanol–water partition coefficient (Wildman–Crippen LogP) is 3.28. The first-order chi connectivity index (χ1) is 11.0. The number of hydrogen-bond acceptors (Lipinski definition) is 4. The summed E-state index contributed by atoms with van der Waals surface area (Å²) in [6.07, 6.45) is 0.843. The summed E-state index contributed by atoms with van der Waals surface area (Å²) in [6.45, 7) is 0.566. The molecule has 0 unspecified atom stereocenters. The summed E-state index contributed by atoms with van der Waals surface area (Å²) in [5.74, 6) is 0.131. The van der Waals surface area contributed by atoms with Crippen molar-refractivity contribution in [2.45, 2.75) is 12.8 Å². The lowest BCUT2D eigenvalue weighted by molar-refractivity contribution is -0.274. The summed E-state index contributed by atoms with van der Waals surface area (Å²) in [6, 6.07) is 8.40. The van der Waals surface area contributed by atoms with Crippen LogP contribution in [-0.4, -0.2) is 27.3 Å². The zero-order valence-electron chi connectivity index (χ0n) is 11.9. The van der Waals surface area contributed by atoms with Crippen LogP contribution in [0, 0.1) is 0 Å². The lowest BCUT2D eigenvalue weighted by atomic mass is 10.3. The second-order valence-corrected chi connectivity index (χ2v) is 4.80. The van der Waals surface area contributed by atoms with Gasteiger partial charge in [-0.15, -0.1) is 13.2 Å². The highest BCUT2D eigenvalue weighted by Crippen LogP contribution is 2.22. The average Bonchev–Trinajstić information content (AvgIpc) is 2.90. The Hall–Kier alpha value is -2.77. The second-order valence-electron chi connectivity index (χ2n) is 4.80. The quantitative estimate of drug-likeness (QED) is 0.783. The summed E-state index contributed by atoms with van der Waals surface area (Å²) in [4.78, 5) is 8.33. The first-order valence-electron chi connectivity index (χ1n) is 6.88. The third kappa shape index (κ3) is 4.12. The lowest BCUT2D eigenvalue weighted by Gasteiger charge is -2.09. The summed E-state index contributed by atoms with van der Waals surface area (Å²) in [5, 5.41) is 3.03. The van der Waals surface area contributed by atoms with Crippen LogP contribution in [0.1, 0.15) is 5.69 Å². The summed E-state index contributed by atoms with van der Waals surface area (Å²) >= 11 is 0. The van der Waals surface area contributed by atoms with Crippen LogP contribution in [-0.2, 0) is 6.42 Å². The van der Waals surface area contributed by atoms with Crippen LogP contribution in [0.4, 0.5) is 19.0 Å². The number of anilines is 1. The Bertz CT molecular complexity index is 750. The first kappa shape index (κ1) is 15.1. The smallest absolute Gasteiger partial charge is 0.404 e. The van der Waals surface area contributed by atoms with Crippen LogP contribution < -0.4 is 10.1 Å². The summed E-state index contributed by atoms with van der Waals surface area (Å²) in [7, 11) is 0. The number of fused-ring (bicyclic) bond motifs is 1. The molecule has 3 aromatic rings. The standard InChI is InChI=1S/C15H13F3N4O/c16-15(17,18)23-12-4-5-13(20-9-12)19-7-6-11-10-22-8-2-1-3-14(22)21-11/h1-5,8-10H,6-7H2,(H,19,20). The number of rotatable bonds is 5. The van der Waals surface area contributed by atoms with Crippen LogP contribution in [0.3, 0.4) is 0 Å². The number of alkyl halides is 3. The van der Waals surface area contributed by atoms with Crippen LogP contribution in [0.25, 0.3) is 5.65 Å². The van der Waals surface area contributed by atoms with Crippen LogP contribution in [0.5, 0.6) is 5.75 Å². The molecule has 0 aliphatic carbocycles. The van der Waals surface area contributed by atoms with Crippen LogP contribution in [0.15, 0.2) is 48.9 Å². The molecule has 120 valence electrons. The highest BCUT2D eigenvalue weighted by atomic mass is 19.4. The van der Waals surface area contributed by atoms with Gasteiger partial charge in [0.05, 0.1) is 11.9 Å². The molecule has 0 atom stereocenters. The van der Waals surface area contributed by atoms with E-state index in [1.807, 2.05) is 35.0 Å². The fraction of sp³-hybridized carbons (Fsp3) is 0.200. The molecule has 0 saturated heterocycles. The Morgan fingerprint density at radius 3 is 2.74 bits per heavy atom. The molecule has 0 aromatic carbocycles. The van der Waals surface area contributed by atoms with Crippen molar-refractivity contribution < 1.29 is 17.9 Å². The Kier molecular flexibility index (Phi) is 4.05. The monoisotopic (exact) mass is 322 g/mol. The molecule has 3 rings (SSSR count). The normalized spacial score (nSPS) is 11.6. The Labute approximate surface area is 129 Å². The summed E-state index contributed by atoms with van der Waals surface area (Å²) < 4.78 is 41.8. The Morgan fingerprint density at radius 2 is 2.04 bits per heavy atom. The van der Waals surface area contributed by atoms with Gasteiger partial charge in [0.25, 0.3) is 0 Å². The Morgan fingerprint density at radius 1 is 1.17 bits per heavy atom. The predicted molar refractivity (Wildman–Crippen MR) is 78.3 cm³/mol. The SMILES string of the molecule is FC(F)(F)Oc1ccc(NCCc2cn3ccccc3n2)nc1. The number of nitrogens with zero attached hydrogens (tertiary/aromatic N) is 3. The fourth-order valence-electron chi connectivity index (χ4n) is 2.11. The largest absolute Gasteiger partial charge is 0.573 e. The third-order valence-corrected chi connectivity index (χ3v) is 3.07. The van der Waals surface area contributed by atoms with Crippen molar-refractivity contribution in [1.29, 1.82) is 0 Å². The van der Waals surface area contributed by atoms with Gasteiger partial charge >= 0.3 is 6.36 Å². The van der Waals surface area contributed by atoms with Gasteiger partial charge in [0.2, 0.25) is 0 Å². The van der Waals surface area contributed by atoms with Gasteiger partial charge in [0.1, 0.15) is 17.2 Å². The molecule has 1 N–H and O–H groups in total. The van der Waals surface area contributed by atoms with Crippen molar-refractivity contribution in [2.75, 3.05) is 11.9 Å². The van der Waals surface area contributed by atoms with Crippen LogP contribution in [0.2, 0.25) is 0 Å². The van der Waals surface area contributed by atoms with Gasteiger partial charge in [-0.1, -0.05) is 6.07 Å². The molecular weight excluding hydrogens is 309 g/mol. The number of hydrogen-bond donors (Lipinski definition) is 1. The molecule has 0 radical (unpaired) electrons. The number of imidazole rings is 1. The van der Waals surface area contributed by atoms with Gasteiger partial charge in [-0.2, -0.15) is 0 Å². The van der Waals surface area contributed by atoms with Crippen molar-refractivity contribution >= 4 is 11.5 Å². The molecule has 0 spiro atoms. The van der Waals surface area contributed by atoms with E-state index < -0.39 is 6.36 Å². The van der Waals surface area contributed by atoms with Crippen molar-refractivity contribution in [2.24, 2.45) is 0 Å². The molecule has 23 heavy (non-hydrogen) atoms. The molecule has 3 heterocycles. The maximum atomic E-state index is 12.0. The molecule has 0 bridgehead atoms. The van der Waals surface area contributed by atoms with Gasteiger partial charge in [-0.25, -0.2) is 9.97 Å². The van der Waals surface area contributed by atoms with Gasteiger partial charge in [-0.05, 0) is 24.3 Å². The van der Waals surface area contributed by atoms with E-state index in [0.29, 0.717) is 18.8 Å². The molecule has 3 aromatic heterocycles. The topological polar surface area (TPSA) is 51.5 Å². The minimum atomic E-state index is -4.71. The zero-order chi connectivity index (χ0) is 16.3. The van der Waals surface area contributed by atoms with Crippen molar-refractivity contribution in [3.63, 3.8) is 0 Å². The van der Waals surface area contributed by atoms with Crippen molar-refractivity contribution in [3.05, 3.63) is 54.6 Å². The minimum absolute atomic E-state index is 0.344. The minimum Gasteiger partial charge on any atom is -0.404 e. The van der Waals surface area contributed by atoms with E-state index in [4.69, 9.17) is 0 Å². The molecule has 0 aliphatic rings. The fourth-order valence-corrected chi connectivity index (χ4v) is 2.11. The molecule has 0 saturated carbocycles.